The van der Waals surface area contributed by atoms with Crippen LogP contribution >= 0.6 is 0 Å². The van der Waals surface area contributed by atoms with E-state index >= 15 is 0 Å². The lowest BCUT2D eigenvalue weighted by molar-refractivity contribution is 0.108. The Labute approximate surface area is 107 Å². The summed E-state index contributed by atoms with van der Waals surface area (Å²) in [6, 6.07) is 2.25. The van der Waals surface area contributed by atoms with Gasteiger partial charge in [-0.3, -0.25) is 0 Å². The SMILES string of the molecule is CCc1nc(NN)cc(NC2CCC(OC)C2)n1. The van der Waals surface area contributed by atoms with E-state index in [9.17, 15) is 0 Å². The minimum absolute atomic E-state index is 0.363. The third-order valence-corrected chi connectivity index (χ3v) is 3.31. The lowest BCUT2D eigenvalue weighted by Gasteiger charge is -2.15. The van der Waals surface area contributed by atoms with E-state index in [1.54, 1.807) is 7.11 Å². The molecular formula is C12H21N5O. The van der Waals surface area contributed by atoms with Crippen molar-refractivity contribution in [3.05, 3.63) is 11.9 Å². The predicted molar refractivity (Wildman–Crippen MR) is 71.3 cm³/mol. The van der Waals surface area contributed by atoms with Crippen LogP contribution in [0.3, 0.4) is 0 Å². The maximum absolute atomic E-state index is 5.41. The lowest BCUT2D eigenvalue weighted by Crippen LogP contribution is -2.19. The fourth-order valence-corrected chi connectivity index (χ4v) is 2.30. The molecule has 1 fully saturated rings. The van der Waals surface area contributed by atoms with Crippen LogP contribution < -0.4 is 16.6 Å². The Hall–Kier alpha value is -1.40. The number of hydrogen-bond donors (Lipinski definition) is 3. The third-order valence-electron chi connectivity index (χ3n) is 3.31. The lowest BCUT2D eigenvalue weighted by atomic mass is 10.2. The molecule has 2 rings (SSSR count). The highest BCUT2D eigenvalue weighted by molar-refractivity contribution is 5.47. The monoisotopic (exact) mass is 251 g/mol. The number of aryl methyl sites for hydroxylation is 1. The summed E-state index contributed by atoms with van der Waals surface area (Å²) in [6.07, 6.45) is 4.38. The Morgan fingerprint density at radius 1 is 1.39 bits per heavy atom. The molecule has 2 unspecified atom stereocenters. The molecule has 1 saturated carbocycles. The van der Waals surface area contributed by atoms with Gasteiger partial charge in [-0.15, -0.1) is 0 Å². The molecule has 100 valence electrons. The number of nitrogens with zero attached hydrogens (tertiary/aromatic N) is 2. The highest BCUT2D eigenvalue weighted by Crippen LogP contribution is 2.24. The van der Waals surface area contributed by atoms with Crippen LogP contribution in [-0.2, 0) is 11.2 Å². The van der Waals surface area contributed by atoms with Crippen molar-refractivity contribution in [3.8, 4) is 0 Å². The van der Waals surface area contributed by atoms with Crippen molar-refractivity contribution < 1.29 is 4.74 Å². The van der Waals surface area contributed by atoms with Gasteiger partial charge in [0.05, 0.1) is 6.10 Å². The zero-order chi connectivity index (χ0) is 13.0. The van der Waals surface area contributed by atoms with E-state index < -0.39 is 0 Å². The van der Waals surface area contributed by atoms with Crippen molar-refractivity contribution in [2.45, 2.75) is 44.8 Å². The Kier molecular flexibility index (Phi) is 4.33. The molecule has 0 aromatic carbocycles. The van der Waals surface area contributed by atoms with Gasteiger partial charge in [0.15, 0.2) is 0 Å². The van der Waals surface area contributed by atoms with Gasteiger partial charge in [0.25, 0.3) is 0 Å². The van der Waals surface area contributed by atoms with E-state index in [0.29, 0.717) is 18.0 Å². The molecule has 0 aliphatic heterocycles. The number of ether oxygens (including phenoxy) is 1. The van der Waals surface area contributed by atoms with Crippen molar-refractivity contribution in [3.63, 3.8) is 0 Å². The van der Waals surface area contributed by atoms with Crippen molar-refractivity contribution in [2.24, 2.45) is 5.84 Å². The Morgan fingerprint density at radius 2 is 2.17 bits per heavy atom. The first-order chi connectivity index (χ1) is 8.75. The second-order valence-electron chi connectivity index (χ2n) is 4.56. The number of nitrogens with two attached hydrogens (primary N) is 1. The van der Waals surface area contributed by atoms with Crippen LogP contribution in [0.25, 0.3) is 0 Å². The van der Waals surface area contributed by atoms with Crippen LogP contribution in [0.1, 0.15) is 32.0 Å². The molecule has 1 aromatic heterocycles. The smallest absolute Gasteiger partial charge is 0.145 e. The first kappa shape index (κ1) is 13.0. The molecule has 4 N–H and O–H groups in total. The quantitative estimate of drug-likeness (QED) is 0.540. The summed E-state index contributed by atoms with van der Waals surface area (Å²) in [5.41, 5.74) is 2.57. The Balaban J connectivity index is 2.04. The molecule has 0 amide bonds. The fraction of sp³-hybridized carbons (Fsp3) is 0.667. The van der Waals surface area contributed by atoms with E-state index in [1.807, 2.05) is 13.0 Å². The number of hydrogen-bond acceptors (Lipinski definition) is 6. The molecule has 0 spiro atoms. The molecule has 18 heavy (non-hydrogen) atoms. The Morgan fingerprint density at radius 3 is 2.78 bits per heavy atom. The van der Waals surface area contributed by atoms with Crippen molar-refractivity contribution >= 4 is 11.6 Å². The van der Waals surface area contributed by atoms with E-state index in [0.717, 1.165) is 37.3 Å². The van der Waals surface area contributed by atoms with Crippen LogP contribution in [0.15, 0.2) is 6.07 Å². The first-order valence-electron chi connectivity index (χ1n) is 6.39. The van der Waals surface area contributed by atoms with Crippen LogP contribution in [0.5, 0.6) is 0 Å². The summed E-state index contributed by atoms with van der Waals surface area (Å²) in [4.78, 5) is 8.72. The highest BCUT2D eigenvalue weighted by Gasteiger charge is 2.24. The summed E-state index contributed by atoms with van der Waals surface area (Å²) < 4.78 is 5.36. The Bertz CT molecular complexity index is 376. The molecule has 1 heterocycles. The minimum atomic E-state index is 0.363. The summed E-state index contributed by atoms with van der Waals surface area (Å²) in [5, 5.41) is 3.43. The van der Waals surface area contributed by atoms with E-state index in [-0.39, 0.29) is 0 Å². The van der Waals surface area contributed by atoms with Crippen LogP contribution in [-0.4, -0.2) is 29.2 Å². The number of nitrogens with one attached hydrogen (secondary N) is 2. The van der Waals surface area contributed by atoms with Crippen LogP contribution in [0, 0.1) is 0 Å². The summed E-state index contributed by atoms with van der Waals surface area (Å²) >= 11 is 0. The number of aromatic nitrogens is 2. The fourth-order valence-electron chi connectivity index (χ4n) is 2.30. The number of anilines is 2. The molecule has 0 bridgehead atoms. The number of hydrazine groups is 1. The molecule has 6 heteroatoms. The topological polar surface area (TPSA) is 85.1 Å². The third kappa shape index (κ3) is 3.08. The molecule has 1 aliphatic carbocycles. The standard InChI is InChI=1S/C12H21N5O/c1-3-10-15-11(7-12(16-10)17-13)14-8-4-5-9(6-8)18-2/h7-9H,3-6,13H2,1-2H3,(H2,14,15,16,17). The van der Waals surface area contributed by atoms with Gasteiger partial charge in [0, 0.05) is 25.6 Å². The second kappa shape index (κ2) is 5.97. The van der Waals surface area contributed by atoms with E-state index in [2.05, 4.69) is 20.7 Å². The molecule has 0 radical (unpaired) electrons. The van der Waals surface area contributed by atoms with Crippen LogP contribution in [0.4, 0.5) is 11.6 Å². The van der Waals surface area contributed by atoms with Crippen molar-refractivity contribution in [2.75, 3.05) is 17.9 Å². The van der Waals surface area contributed by atoms with Crippen molar-refractivity contribution in [1.82, 2.24) is 9.97 Å². The summed E-state index contributed by atoms with van der Waals surface area (Å²) in [7, 11) is 1.77. The normalized spacial score (nSPS) is 23.1. The molecule has 0 saturated heterocycles. The number of nitrogen functional groups attached to an aromatic ring is 1. The number of rotatable bonds is 5. The number of methoxy groups -OCH3 is 1. The van der Waals surface area contributed by atoms with Gasteiger partial charge < -0.3 is 15.5 Å². The maximum Gasteiger partial charge on any atom is 0.145 e. The maximum atomic E-state index is 5.41. The van der Waals surface area contributed by atoms with Gasteiger partial charge in [-0.25, -0.2) is 15.8 Å². The zero-order valence-corrected chi connectivity index (χ0v) is 10.9. The summed E-state index contributed by atoms with van der Waals surface area (Å²) in [6.45, 7) is 2.02. The first-order valence-corrected chi connectivity index (χ1v) is 6.39. The predicted octanol–water partition coefficient (Wildman–Crippen LogP) is 1.30. The summed E-state index contributed by atoms with van der Waals surface area (Å²) in [5.74, 6) is 7.67. The van der Waals surface area contributed by atoms with Gasteiger partial charge in [-0.2, -0.15) is 0 Å². The van der Waals surface area contributed by atoms with Gasteiger partial charge in [0.2, 0.25) is 0 Å². The average Bonchev–Trinajstić information content (AvgIpc) is 2.85. The molecular weight excluding hydrogens is 230 g/mol. The molecule has 1 aromatic rings. The highest BCUT2D eigenvalue weighted by atomic mass is 16.5. The van der Waals surface area contributed by atoms with E-state index in [4.69, 9.17) is 10.6 Å². The van der Waals surface area contributed by atoms with Gasteiger partial charge in [-0.05, 0) is 19.3 Å². The molecule has 2 atom stereocenters. The van der Waals surface area contributed by atoms with Crippen LogP contribution in [0.2, 0.25) is 0 Å². The van der Waals surface area contributed by atoms with Crippen molar-refractivity contribution in [1.29, 1.82) is 0 Å². The molecule has 1 aliphatic rings. The second-order valence-corrected chi connectivity index (χ2v) is 4.56. The minimum Gasteiger partial charge on any atom is -0.381 e. The van der Waals surface area contributed by atoms with Gasteiger partial charge in [0.1, 0.15) is 17.5 Å². The van der Waals surface area contributed by atoms with Gasteiger partial charge >= 0.3 is 0 Å². The zero-order valence-electron chi connectivity index (χ0n) is 10.9. The molecule has 6 nitrogen and oxygen atoms in total. The van der Waals surface area contributed by atoms with Gasteiger partial charge in [-0.1, -0.05) is 6.92 Å². The largest absolute Gasteiger partial charge is 0.381 e. The average molecular weight is 251 g/mol. The van der Waals surface area contributed by atoms with E-state index in [1.165, 1.54) is 0 Å².